The molecule has 1 aromatic carbocycles. The van der Waals surface area contributed by atoms with Crippen LogP contribution in [0.3, 0.4) is 0 Å². The van der Waals surface area contributed by atoms with E-state index in [-0.39, 0.29) is 12.3 Å². The van der Waals surface area contributed by atoms with Gasteiger partial charge in [0.25, 0.3) is 5.95 Å². The third kappa shape index (κ3) is 4.74. The molecule has 0 aliphatic rings. The van der Waals surface area contributed by atoms with E-state index in [1.54, 1.807) is 9.58 Å². The number of likely N-dealkylation sites (N-methyl/N-ethyl adjacent to an activating group) is 1. The molecule has 0 N–H and O–H groups in total. The molecule has 7 nitrogen and oxygen atoms in total. The van der Waals surface area contributed by atoms with Crippen molar-refractivity contribution in [3.05, 3.63) is 70.0 Å². The van der Waals surface area contributed by atoms with Gasteiger partial charge in [-0.1, -0.05) is 31.5 Å². The summed E-state index contributed by atoms with van der Waals surface area (Å²) in [5, 5.41) is 5.73. The summed E-state index contributed by atoms with van der Waals surface area (Å²) in [5.74, 6) is 1.56. The summed E-state index contributed by atoms with van der Waals surface area (Å²) in [6, 6.07) is 10.00. The quantitative estimate of drug-likeness (QED) is 0.363. The van der Waals surface area contributed by atoms with Crippen molar-refractivity contribution in [1.29, 1.82) is 0 Å². The molecule has 7 heteroatoms. The molecule has 0 fully saturated rings. The van der Waals surface area contributed by atoms with Crippen molar-refractivity contribution in [3.8, 4) is 5.95 Å². The third-order valence-electron chi connectivity index (χ3n) is 6.29. The number of aromatic nitrogens is 4. The molecule has 3 heterocycles. The molecule has 1 amide bonds. The Morgan fingerprint density at radius 3 is 2.47 bits per heavy atom. The third-order valence-corrected chi connectivity index (χ3v) is 6.29. The first-order valence-corrected chi connectivity index (χ1v) is 11.9. The van der Waals surface area contributed by atoms with E-state index in [9.17, 15) is 4.79 Å². The van der Waals surface area contributed by atoms with E-state index in [4.69, 9.17) is 4.42 Å². The Morgan fingerprint density at radius 2 is 1.76 bits per heavy atom. The number of carbonyl (C=O) groups is 1. The maximum atomic E-state index is 13.3. The number of furan rings is 1. The van der Waals surface area contributed by atoms with Crippen molar-refractivity contribution in [2.24, 2.45) is 0 Å². The average Bonchev–Trinajstić information content (AvgIpc) is 3.28. The Balaban J connectivity index is 1.57. The first kappa shape index (κ1) is 23.7. The number of unbranched alkanes of at least 4 members (excludes halogenated alkanes) is 1. The van der Waals surface area contributed by atoms with Crippen molar-refractivity contribution >= 4 is 16.9 Å². The first-order valence-electron chi connectivity index (χ1n) is 11.9. The van der Waals surface area contributed by atoms with Crippen LogP contribution in [0, 0.1) is 27.7 Å². The van der Waals surface area contributed by atoms with Crippen LogP contribution >= 0.6 is 0 Å². The summed E-state index contributed by atoms with van der Waals surface area (Å²) < 4.78 is 7.89. The minimum Gasteiger partial charge on any atom is -0.461 e. The number of rotatable bonds is 8. The van der Waals surface area contributed by atoms with Gasteiger partial charge in [-0.05, 0) is 46.2 Å². The van der Waals surface area contributed by atoms with Crippen LogP contribution in [0.5, 0.6) is 0 Å². The second-order valence-electron chi connectivity index (χ2n) is 9.04. The van der Waals surface area contributed by atoms with E-state index in [1.807, 2.05) is 59.0 Å². The van der Waals surface area contributed by atoms with Gasteiger partial charge in [-0.15, -0.1) is 0 Å². The van der Waals surface area contributed by atoms with Crippen molar-refractivity contribution in [3.63, 3.8) is 0 Å². The van der Waals surface area contributed by atoms with E-state index in [1.165, 1.54) is 0 Å². The normalized spacial score (nSPS) is 11.4. The van der Waals surface area contributed by atoms with Crippen LogP contribution in [-0.4, -0.2) is 37.6 Å². The van der Waals surface area contributed by atoms with Crippen LogP contribution < -0.4 is 0 Å². The molecule has 0 aliphatic heterocycles. The fraction of sp³-hybridized carbons (Fsp3) is 0.407. The smallest absolute Gasteiger partial charge is 0.251 e. The standard InChI is InChI=1S/C27H33N5O2/c1-7-8-12-25-23(21-11-9-10-13-24(21)34-25)16-31(6)26(33)15-22-19(4)30-32(20(22)5)27-28-17(2)14-18(3)29-27/h9-11,13-14H,7-8,12,15-16H2,1-6H3. The second-order valence-corrected chi connectivity index (χ2v) is 9.04. The molecule has 0 unspecified atom stereocenters. The van der Waals surface area contributed by atoms with Gasteiger partial charge in [0.15, 0.2) is 0 Å². The molecular weight excluding hydrogens is 426 g/mol. The van der Waals surface area contributed by atoms with Gasteiger partial charge in [-0.3, -0.25) is 4.79 Å². The summed E-state index contributed by atoms with van der Waals surface area (Å²) in [4.78, 5) is 24.1. The predicted molar refractivity (Wildman–Crippen MR) is 133 cm³/mol. The van der Waals surface area contributed by atoms with Gasteiger partial charge < -0.3 is 9.32 Å². The lowest BCUT2D eigenvalue weighted by molar-refractivity contribution is -0.129. The molecule has 34 heavy (non-hydrogen) atoms. The number of fused-ring (bicyclic) bond motifs is 1. The molecule has 0 aliphatic carbocycles. The molecule has 178 valence electrons. The zero-order valence-electron chi connectivity index (χ0n) is 21.0. The SMILES string of the molecule is CCCCc1oc2ccccc2c1CN(C)C(=O)Cc1c(C)nn(-c2nc(C)cc(C)n2)c1C. The lowest BCUT2D eigenvalue weighted by Crippen LogP contribution is -2.28. The highest BCUT2D eigenvalue weighted by atomic mass is 16.3. The Morgan fingerprint density at radius 1 is 1.06 bits per heavy atom. The molecule has 0 bridgehead atoms. The Bertz CT molecular complexity index is 1310. The van der Waals surface area contributed by atoms with Crippen molar-refractivity contribution in [1.82, 2.24) is 24.6 Å². The van der Waals surface area contributed by atoms with E-state index < -0.39 is 0 Å². The van der Waals surface area contributed by atoms with Crippen LogP contribution in [0.2, 0.25) is 0 Å². The summed E-state index contributed by atoms with van der Waals surface area (Å²) in [5.41, 5.74) is 6.39. The van der Waals surface area contributed by atoms with Crippen LogP contribution in [0.25, 0.3) is 16.9 Å². The summed E-state index contributed by atoms with van der Waals surface area (Å²) >= 11 is 0. The topological polar surface area (TPSA) is 77.0 Å². The van der Waals surface area contributed by atoms with Gasteiger partial charge in [-0.25, -0.2) is 14.6 Å². The molecular formula is C27H33N5O2. The highest BCUT2D eigenvalue weighted by Gasteiger charge is 2.22. The Labute approximate surface area is 200 Å². The van der Waals surface area contributed by atoms with Gasteiger partial charge >= 0.3 is 0 Å². The highest BCUT2D eigenvalue weighted by Crippen LogP contribution is 2.28. The number of hydrogen-bond acceptors (Lipinski definition) is 5. The van der Waals surface area contributed by atoms with Crippen molar-refractivity contribution < 1.29 is 9.21 Å². The average molecular weight is 460 g/mol. The lowest BCUT2D eigenvalue weighted by atomic mass is 10.1. The maximum absolute atomic E-state index is 13.3. The fourth-order valence-corrected chi connectivity index (χ4v) is 4.40. The van der Waals surface area contributed by atoms with Gasteiger partial charge in [0.05, 0.1) is 12.1 Å². The predicted octanol–water partition coefficient (Wildman–Crippen LogP) is 5.19. The van der Waals surface area contributed by atoms with Gasteiger partial charge in [-0.2, -0.15) is 5.10 Å². The van der Waals surface area contributed by atoms with Crippen LogP contribution in [0.4, 0.5) is 0 Å². The monoisotopic (exact) mass is 459 g/mol. The molecule has 3 aromatic heterocycles. The summed E-state index contributed by atoms with van der Waals surface area (Å²) in [6.07, 6.45) is 3.31. The lowest BCUT2D eigenvalue weighted by Gasteiger charge is -2.18. The van der Waals surface area contributed by atoms with E-state index >= 15 is 0 Å². The second kappa shape index (κ2) is 9.79. The molecule has 4 aromatic rings. The zero-order chi connectivity index (χ0) is 24.4. The van der Waals surface area contributed by atoms with E-state index in [2.05, 4.69) is 28.1 Å². The van der Waals surface area contributed by atoms with Gasteiger partial charge in [0.1, 0.15) is 11.3 Å². The van der Waals surface area contributed by atoms with Gasteiger partial charge in [0, 0.05) is 53.6 Å². The first-order chi connectivity index (χ1) is 16.3. The van der Waals surface area contributed by atoms with Crippen LogP contribution in [-0.2, 0) is 24.2 Å². The largest absolute Gasteiger partial charge is 0.461 e. The minimum absolute atomic E-state index is 0.0406. The number of amides is 1. The number of aryl methyl sites for hydroxylation is 4. The Hall–Kier alpha value is -3.48. The fourth-order valence-electron chi connectivity index (χ4n) is 4.40. The molecule has 0 radical (unpaired) electrons. The Kier molecular flexibility index (Phi) is 6.82. The number of nitrogens with zero attached hydrogens (tertiary/aromatic N) is 5. The van der Waals surface area contributed by atoms with Crippen LogP contribution in [0.15, 0.2) is 34.7 Å². The number of hydrogen-bond donors (Lipinski definition) is 0. The zero-order valence-corrected chi connectivity index (χ0v) is 21.0. The van der Waals surface area contributed by atoms with Gasteiger partial charge in [0.2, 0.25) is 5.91 Å². The molecule has 0 spiro atoms. The molecule has 0 saturated carbocycles. The minimum atomic E-state index is 0.0406. The van der Waals surface area contributed by atoms with Crippen LogP contribution in [0.1, 0.15) is 59.4 Å². The maximum Gasteiger partial charge on any atom is 0.251 e. The molecule has 0 saturated heterocycles. The number of carbonyl (C=O) groups excluding carboxylic acids is 1. The molecule has 0 atom stereocenters. The summed E-state index contributed by atoms with van der Waals surface area (Å²) in [7, 11) is 1.86. The van der Waals surface area contributed by atoms with E-state index in [0.717, 1.165) is 69.9 Å². The van der Waals surface area contributed by atoms with E-state index in [0.29, 0.717) is 12.5 Å². The number of benzene rings is 1. The highest BCUT2D eigenvalue weighted by molar-refractivity contribution is 5.84. The van der Waals surface area contributed by atoms with Crippen molar-refractivity contribution in [2.75, 3.05) is 7.05 Å². The number of para-hydroxylation sites is 1. The van der Waals surface area contributed by atoms with Crippen molar-refractivity contribution in [2.45, 2.75) is 66.8 Å². The molecule has 4 rings (SSSR count). The summed E-state index contributed by atoms with van der Waals surface area (Å²) in [6.45, 7) is 10.5.